The van der Waals surface area contributed by atoms with Gasteiger partial charge in [-0.25, -0.2) is 4.79 Å². The Morgan fingerprint density at radius 3 is 2.44 bits per heavy atom. The Labute approximate surface area is 143 Å². The van der Waals surface area contributed by atoms with Crippen LogP contribution in [0.15, 0.2) is 75.9 Å². The van der Waals surface area contributed by atoms with E-state index in [1.165, 1.54) is 0 Å². The third-order valence-corrected chi connectivity index (χ3v) is 4.24. The SMILES string of the molecule is COc1ccc(C(=O)c2cc3c(ccc4ccccc43)oc2=O)cc1. The number of ketones is 1. The number of rotatable bonds is 3. The van der Waals surface area contributed by atoms with E-state index in [4.69, 9.17) is 9.15 Å². The molecule has 1 heterocycles. The van der Waals surface area contributed by atoms with Crippen molar-refractivity contribution in [2.75, 3.05) is 7.11 Å². The van der Waals surface area contributed by atoms with E-state index in [1.807, 2.05) is 30.3 Å². The van der Waals surface area contributed by atoms with Crippen molar-refractivity contribution in [2.45, 2.75) is 0 Å². The molecule has 4 rings (SSSR count). The average Bonchev–Trinajstić information content (AvgIpc) is 2.67. The second kappa shape index (κ2) is 5.91. The minimum atomic E-state index is -0.636. The van der Waals surface area contributed by atoms with Crippen molar-refractivity contribution in [3.8, 4) is 5.75 Å². The highest BCUT2D eigenvalue weighted by Crippen LogP contribution is 2.25. The second-order valence-electron chi connectivity index (χ2n) is 5.70. The van der Waals surface area contributed by atoms with Gasteiger partial charge in [-0.05, 0) is 47.2 Å². The van der Waals surface area contributed by atoms with Crippen LogP contribution in [-0.2, 0) is 0 Å². The molecule has 0 bridgehead atoms. The molecule has 3 aromatic carbocycles. The molecule has 0 saturated carbocycles. The van der Waals surface area contributed by atoms with Gasteiger partial charge < -0.3 is 9.15 Å². The van der Waals surface area contributed by atoms with Crippen molar-refractivity contribution in [1.29, 1.82) is 0 Å². The zero-order valence-electron chi connectivity index (χ0n) is 13.5. The lowest BCUT2D eigenvalue weighted by Crippen LogP contribution is -2.14. The normalized spacial score (nSPS) is 10.9. The summed E-state index contributed by atoms with van der Waals surface area (Å²) in [6.07, 6.45) is 0. The molecule has 1 aromatic heterocycles. The summed E-state index contributed by atoms with van der Waals surface area (Å²) < 4.78 is 10.5. The molecule has 0 fully saturated rings. The molecule has 25 heavy (non-hydrogen) atoms. The van der Waals surface area contributed by atoms with Gasteiger partial charge in [0.1, 0.15) is 16.9 Å². The first-order valence-corrected chi connectivity index (χ1v) is 7.82. The van der Waals surface area contributed by atoms with Gasteiger partial charge in [0.15, 0.2) is 5.78 Å². The maximum absolute atomic E-state index is 12.7. The average molecular weight is 330 g/mol. The molecule has 0 amide bonds. The molecule has 4 aromatic rings. The maximum Gasteiger partial charge on any atom is 0.347 e. The summed E-state index contributed by atoms with van der Waals surface area (Å²) in [5.41, 5.74) is 0.264. The fraction of sp³-hybridized carbons (Fsp3) is 0.0476. The number of methoxy groups -OCH3 is 1. The van der Waals surface area contributed by atoms with Crippen molar-refractivity contribution in [3.63, 3.8) is 0 Å². The fourth-order valence-corrected chi connectivity index (χ4v) is 2.93. The summed E-state index contributed by atoms with van der Waals surface area (Å²) in [5.74, 6) is 0.277. The number of carbonyl (C=O) groups excluding carboxylic acids is 1. The van der Waals surface area contributed by atoms with Gasteiger partial charge in [0.05, 0.1) is 7.11 Å². The predicted octanol–water partition coefficient (Wildman–Crippen LogP) is 4.19. The molecule has 122 valence electrons. The van der Waals surface area contributed by atoms with E-state index < -0.39 is 5.63 Å². The van der Waals surface area contributed by atoms with Gasteiger partial charge in [0.2, 0.25) is 0 Å². The van der Waals surface area contributed by atoms with E-state index in [0.717, 1.165) is 16.2 Å². The molecule has 0 aliphatic carbocycles. The molecule has 0 aliphatic rings. The highest BCUT2D eigenvalue weighted by Gasteiger charge is 2.16. The Kier molecular flexibility index (Phi) is 3.58. The Balaban J connectivity index is 1.91. The standard InChI is InChI=1S/C21H14O4/c1-24-15-9-6-14(7-10-15)20(22)18-12-17-16-5-3-2-4-13(16)8-11-19(17)25-21(18)23/h2-12H,1H3. The topological polar surface area (TPSA) is 56.5 Å². The number of fused-ring (bicyclic) bond motifs is 3. The van der Waals surface area contributed by atoms with E-state index in [0.29, 0.717) is 16.9 Å². The van der Waals surface area contributed by atoms with E-state index in [1.54, 1.807) is 43.5 Å². The minimum Gasteiger partial charge on any atom is -0.497 e. The highest BCUT2D eigenvalue weighted by molar-refractivity contribution is 6.12. The van der Waals surface area contributed by atoms with Crippen LogP contribution in [0.3, 0.4) is 0 Å². The number of hydrogen-bond acceptors (Lipinski definition) is 4. The van der Waals surface area contributed by atoms with Gasteiger partial charge >= 0.3 is 5.63 Å². The van der Waals surface area contributed by atoms with E-state index >= 15 is 0 Å². The Morgan fingerprint density at radius 2 is 1.68 bits per heavy atom. The minimum absolute atomic E-state index is 0.0222. The van der Waals surface area contributed by atoms with E-state index in [2.05, 4.69) is 0 Å². The van der Waals surface area contributed by atoms with Crippen LogP contribution >= 0.6 is 0 Å². The molecule has 0 aliphatic heterocycles. The zero-order chi connectivity index (χ0) is 17.4. The predicted molar refractivity (Wildman–Crippen MR) is 96.4 cm³/mol. The first kappa shape index (κ1) is 15.1. The number of carbonyl (C=O) groups is 1. The lowest BCUT2D eigenvalue weighted by molar-refractivity contribution is 0.103. The van der Waals surface area contributed by atoms with Gasteiger partial charge in [-0.1, -0.05) is 30.3 Å². The summed E-state index contributed by atoms with van der Waals surface area (Å²) in [6, 6.07) is 19.7. The molecule has 0 atom stereocenters. The van der Waals surface area contributed by atoms with Gasteiger partial charge in [-0.3, -0.25) is 4.79 Å². The summed E-state index contributed by atoms with van der Waals surface area (Å²) >= 11 is 0. The highest BCUT2D eigenvalue weighted by atomic mass is 16.5. The summed E-state index contributed by atoms with van der Waals surface area (Å²) in [4.78, 5) is 25.0. The molecular weight excluding hydrogens is 316 g/mol. The second-order valence-corrected chi connectivity index (χ2v) is 5.70. The molecule has 0 radical (unpaired) electrons. The molecular formula is C21H14O4. The largest absolute Gasteiger partial charge is 0.497 e. The van der Waals surface area contributed by atoms with Gasteiger partial charge in [-0.2, -0.15) is 0 Å². The van der Waals surface area contributed by atoms with Crippen molar-refractivity contribution in [2.24, 2.45) is 0 Å². The fourth-order valence-electron chi connectivity index (χ4n) is 2.93. The van der Waals surface area contributed by atoms with Gasteiger partial charge in [0.25, 0.3) is 0 Å². The van der Waals surface area contributed by atoms with Crippen LogP contribution in [0.1, 0.15) is 15.9 Å². The Bertz CT molecular complexity index is 1150. The lowest BCUT2D eigenvalue weighted by Gasteiger charge is -2.06. The van der Waals surface area contributed by atoms with Crippen molar-refractivity contribution >= 4 is 27.5 Å². The molecule has 0 unspecified atom stereocenters. The zero-order valence-corrected chi connectivity index (χ0v) is 13.5. The van der Waals surface area contributed by atoms with Crippen LogP contribution in [0.4, 0.5) is 0 Å². The quantitative estimate of drug-likeness (QED) is 0.321. The smallest absolute Gasteiger partial charge is 0.347 e. The van der Waals surface area contributed by atoms with Gasteiger partial charge in [-0.15, -0.1) is 0 Å². The number of benzene rings is 3. The molecule has 4 heteroatoms. The Hall–Kier alpha value is -3.40. The molecule has 0 saturated heterocycles. The monoisotopic (exact) mass is 330 g/mol. The van der Waals surface area contributed by atoms with Crippen LogP contribution in [0.25, 0.3) is 21.7 Å². The van der Waals surface area contributed by atoms with E-state index in [-0.39, 0.29) is 11.3 Å². The van der Waals surface area contributed by atoms with Gasteiger partial charge in [0, 0.05) is 10.9 Å². The van der Waals surface area contributed by atoms with Crippen molar-refractivity contribution in [1.82, 2.24) is 0 Å². The summed E-state index contributed by atoms with van der Waals surface area (Å²) in [5, 5.41) is 2.70. The van der Waals surface area contributed by atoms with Crippen LogP contribution in [0, 0.1) is 0 Å². The third-order valence-electron chi connectivity index (χ3n) is 4.24. The summed E-state index contributed by atoms with van der Waals surface area (Å²) in [6.45, 7) is 0. The maximum atomic E-state index is 12.7. The van der Waals surface area contributed by atoms with Crippen molar-refractivity contribution in [3.05, 3.63) is 88.3 Å². The van der Waals surface area contributed by atoms with Crippen LogP contribution in [-0.4, -0.2) is 12.9 Å². The summed E-state index contributed by atoms with van der Waals surface area (Å²) in [7, 11) is 1.56. The number of hydrogen-bond donors (Lipinski definition) is 0. The first-order chi connectivity index (χ1) is 12.2. The first-order valence-electron chi connectivity index (χ1n) is 7.82. The van der Waals surface area contributed by atoms with E-state index in [9.17, 15) is 9.59 Å². The molecule has 4 nitrogen and oxygen atoms in total. The van der Waals surface area contributed by atoms with Crippen molar-refractivity contribution < 1.29 is 13.9 Å². The molecule has 0 spiro atoms. The van der Waals surface area contributed by atoms with Crippen LogP contribution in [0.2, 0.25) is 0 Å². The third kappa shape index (κ3) is 2.58. The Morgan fingerprint density at radius 1 is 0.920 bits per heavy atom. The van der Waals surface area contributed by atoms with Crippen LogP contribution < -0.4 is 10.4 Å². The lowest BCUT2D eigenvalue weighted by atomic mass is 10.0. The number of ether oxygens (including phenoxy) is 1. The molecule has 0 N–H and O–H groups in total. The van der Waals surface area contributed by atoms with Crippen LogP contribution in [0.5, 0.6) is 5.75 Å².